The van der Waals surface area contributed by atoms with Gasteiger partial charge in [-0.25, -0.2) is 0 Å². The Morgan fingerprint density at radius 3 is 2.73 bits per heavy atom. The SMILES string of the molecule is COc1cc(C(=O)N2CCC(c3nnc4ccccn34)CC2)ccc1C. The van der Waals surface area contributed by atoms with E-state index >= 15 is 0 Å². The maximum atomic E-state index is 12.8. The first-order chi connectivity index (χ1) is 12.7. The maximum Gasteiger partial charge on any atom is 0.253 e. The van der Waals surface area contributed by atoms with Gasteiger partial charge in [-0.3, -0.25) is 9.20 Å². The Bertz CT molecular complexity index is 942. The van der Waals surface area contributed by atoms with Crippen molar-refractivity contribution in [2.45, 2.75) is 25.7 Å². The zero-order valence-electron chi connectivity index (χ0n) is 15.1. The Morgan fingerprint density at radius 1 is 1.15 bits per heavy atom. The number of fused-ring (bicyclic) bond motifs is 1. The zero-order valence-corrected chi connectivity index (χ0v) is 15.1. The summed E-state index contributed by atoms with van der Waals surface area (Å²) in [5.41, 5.74) is 2.58. The molecule has 0 bridgehead atoms. The Balaban J connectivity index is 1.47. The second-order valence-electron chi connectivity index (χ2n) is 6.74. The third-order valence-corrected chi connectivity index (χ3v) is 5.14. The monoisotopic (exact) mass is 350 g/mol. The van der Waals surface area contributed by atoms with Crippen molar-refractivity contribution in [3.05, 3.63) is 59.5 Å². The van der Waals surface area contributed by atoms with Crippen molar-refractivity contribution in [2.24, 2.45) is 0 Å². The normalized spacial score (nSPS) is 15.4. The average Bonchev–Trinajstić information content (AvgIpc) is 3.12. The number of aryl methyl sites for hydroxylation is 1. The van der Waals surface area contributed by atoms with Crippen molar-refractivity contribution < 1.29 is 9.53 Å². The number of likely N-dealkylation sites (tertiary alicyclic amines) is 1. The van der Waals surface area contributed by atoms with Gasteiger partial charge in [0, 0.05) is 30.8 Å². The molecule has 26 heavy (non-hydrogen) atoms. The molecule has 2 aromatic heterocycles. The lowest BCUT2D eigenvalue weighted by atomic mass is 9.95. The second kappa shape index (κ2) is 6.78. The molecule has 1 amide bonds. The highest BCUT2D eigenvalue weighted by atomic mass is 16.5. The standard InChI is InChI=1S/C20H22N4O2/c1-14-6-7-16(13-17(14)26-2)20(25)23-11-8-15(9-12-23)19-22-21-18-5-3-4-10-24(18)19/h3-7,10,13,15H,8-9,11-12H2,1-2H3. The van der Waals surface area contributed by atoms with Gasteiger partial charge in [-0.1, -0.05) is 12.1 Å². The fourth-order valence-corrected chi connectivity index (χ4v) is 3.61. The molecule has 0 atom stereocenters. The molecule has 1 fully saturated rings. The number of methoxy groups -OCH3 is 1. The van der Waals surface area contributed by atoms with E-state index < -0.39 is 0 Å². The first-order valence-corrected chi connectivity index (χ1v) is 8.91. The molecule has 3 aromatic rings. The number of carbonyl (C=O) groups excluding carboxylic acids is 1. The number of hydrogen-bond donors (Lipinski definition) is 0. The predicted octanol–water partition coefficient (Wildman–Crippen LogP) is 3.07. The number of carbonyl (C=O) groups is 1. The van der Waals surface area contributed by atoms with Crippen LogP contribution in [-0.2, 0) is 0 Å². The Hall–Kier alpha value is -2.89. The lowest BCUT2D eigenvalue weighted by Gasteiger charge is -2.31. The third kappa shape index (κ3) is 2.92. The van der Waals surface area contributed by atoms with Crippen LogP contribution in [0.15, 0.2) is 42.6 Å². The van der Waals surface area contributed by atoms with Crippen LogP contribution in [0.3, 0.4) is 0 Å². The van der Waals surface area contributed by atoms with Crippen molar-refractivity contribution in [2.75, 3.05) is 20.2 Å². The van der Waals surface area contributed by atoms with E-state index in [-0.39, 0.29) is 5.91 Å². The number of piperidine rings is 1. The summed E-state index contributed by atoms with van der Waals surface area (Å²) >= 11 is 0. The van der Waals surface area contributed by atoms with Crippen LogP contribution in [-0.4, -0.2) is 45.6 Å². The van der Waals surface area contributed by atoms with E-state index in [1.54, 1.807) is 7.11 Å². The van der Waals surface area contributed by atoms with Gasteiger partial charge in [0.15, 0.2) is 5.65 Å². The Morgan fingerprint density at radius 2 is 1.96 bits per heavy atom. The minimum atomic E-state index is 0.0628. The van der Waals surface area contributed by atoms with E-state index in [9.17, 15) is 4.79 Å². The molecule has 4 rings (SSSR count). The van der Waals surface area contributed by atoms with Gasteiger partial charge in [0.05, 0.1) is 7.11 Å². The molecule has 6 heteroatoms. The first kappa shape index (κ1) is 16.6. The molecule has 3 heterocycles. The minimum Gasteiger partial charge on any atom is -0.496 e. The molecule has 6 nitrogen and oxygen atoms in total. The summed E-state index contributed by atoms with van der Waals surface area (Å²) in [5.74, 6) is 2.13. The van der Waals surface area contributed by atoms with Gasteiger partial charge in [-0.2, -0.15) is 0 Å². The summed E-state index contributed by atoms with van der Waals surface area (Å²) in [6, 6.07) is 11.5. The molecule has 0 unspecified atom stereocenters. The van der Waals surface area contributed by atoms with E-state index in [0.29, 0.717) is 11.5 Å². The molecule has 0 aliphatic carbocycles. The van der Waals surface area contributed by atoms with Gasteiger partial charge in [0.2, 0.25) is 0 Å². The third-order valence-electron chi connectivity index (χ3n) is 5.14. The minimum absolute atomic E-state index is 0.0628. The van der Waals surface area contributed by atoms with Crippen LogP contribution in [0.5, 0.6) is 5.75 Å². The summed E-state index contributed by atoms with van der Waals surface area (Å²) in [4.78, 5) is 14.7. The lowest BCUT2D eigenvalue weighted by molar-refractivity contribution is 0.0710. The number of benzene rings is 1. The summed E-state index contributed by atoms with van der Waals surface area (Å²) < 4.78 is 7.39. The van der Waals surface area contributed by atoms with Crippen LogP contribution < -0.4 is 4.74 Å². The van der Waals surface area contributed by atoms with E-state index in [0.717, 1.165) is 48.7 Å². The van der Waals surface area contributed by atoms with Crippen molar-refractivity contribution in [1.82, 2.24) is 19.5 Å². The van der Waals surface area contributed by atoms with Crippen molar-refractivity contribution >= 4 is 11.6 Å². The molecule has 0 radical (unpaired) electrons. The van der Waals surface area contributed by atoms with Crippen LogP contribution in [0.1, 0.15) is 40.5 Å². The number of nitrogens with zero attached hydrogens (tertiary/aromatic N) is 4. The highest BCUT2D eigenvalue weighted by Gasteiger charge is 2.27. The molecule has 1 aliphatic rings. The van der Waals surface area contributed by atoms with Crippen LogP contribution in [0, 0.1) is 6.92 Å². The molecule has 1 saturated heterocycles. The summed E-state index contributed by atoms with van der Waals surface area (Å²) in [6.45, 7) is 3.42. The molecule has 134 valence electrons. The van der Waals surface area contributed by atoms with E-state index in [1.807, 2.05) is 58.8 Å². The van der Waals surface area contributed by atoms with E-state index in [1.165, 1.54) is 0 Å². The Kier molecular flexibility index (Phi) is 4.32. The fraction of sp³-hybridized carbons (Fsp3) is 0.350. The fourth-order valence-electron chi connectivity index (χ4n) is 3.61. The van der Waals surface area contributed by atoms with Gasteiger partial charge in [-0.05, 0) is 49.6 Å². The van der Waals surface area contributed by atoms with Gasteiger partial charge < -0.3 is 9.64 Å². The van der Waals surface area contributed by atoms with Crippen LogP contribution in [0.2, 0.25) is 0 Å². The summed E-state index contributed by atoms with van der Waals surface area (Å²) in [5, 5.41) is 8.61. The van der Waals surface area contributed by atoms with Crippen LogP contribution in [0.25, 0.3) is 5.65 Å². The number of aromatic nitrogens is 3. The van der Waals surface area contributed by atoms with E-state index in [2.05, 4.69) is 10.2 Å². The van der Waals surface area contributed by atoms with E-state index in [4.69, 9.17) is 4.74 Å². The van der Waals surface area contributed by atoms with Gasteiger partial charge >= 0.3 is 0 Å². The van der Waals surface area contributed by atoms with Crippen molar-refractivity contribution in [1.29, 1.82) is 0 Å². The highest BCUT2D eigenvalue weighted by Crippen LogP contribution is 2.28. The average molecular weight is 350 g/mol. The first-order valence-electron chi connectivity index (χ1n) is 8.91. The summed E-state index contributed by atoms with van der Waals surface area (Å²) in [6.07, 6.45) is 3.79. The van der Waals surface area contributed by atoms with Gasteiger partial charge in [-0.15, -0.1) is 10.2 Å². The number of hydrogen-bond acceptors (Lipinski definition) is 4. The van der Waals surface area contributed by atoms with Crippen LogP contribution >= 0.6 is 0 Å². The highest BCUT2D eigenvalue weighted by molar-refractivity contribution is 5.94. The van der Waals surface area contributed by atoms with Gasteiger partial charge in [0.25, 0.3) is 5.91 Å². The zero-order chi connectivity index (χ0) is 18.1. The number of amides is 1. The van der Waals surface area contributed by atoms with Crippen LogP contribution in [0.4, 0.5) is 0 Å². The molecule has 0 spiro atoms. The number of ether oxygens (including phenoxy) is 1. The molecular formula is C20H22N4O2. The second-order valence-corrected chi connectivity index (χ2v) is 6.74. The summed E-state index contributed by atoms with van der Waals surface area (Å²) in [7, 11) is 1.63. The topological polar surface area (TPSA) is 59.7 Å². The number of rotatable bonds is 3. The predicted molar refractivity (Wildman–Crippen MR) is 98.6 cm³/mol. The van der Waals surface area contributed by atoms with Crippen molar-refractivity contribution in [3.63, 3.8) is 0 Å². The smallest absolute Gasteiger partial charge is 0.253 e. The lowest BCUT2D eigenvalue weighted by Crippen LogP contribution is -2.38. The van der Waals surface area contributed by atoms with Gasteiger partial charge in [0.1, 0.15) is 11.6 Å². The molecular weight excluding hydrogens is 328 g/mol. The molecule has 1 aliphatic heterocycles. The number of pyridine rings is 1. The largest absolute Gasteiger partial charge is 0.496 e. The molecule has 1 aromatic carbocycles. The quantitative estimate of drug-likeness (QED) is 0.728. The maximum absolute atomic E-state index is 12.8. The Labute approximate surface area is 152 Å². The van der Waals surface area contributed by atoms with Crippen molar-refractivity contribution in [3.8, 4) is 5.75 Å². The molecule has 0 saturated carbocycles. The molecule has 0 N–H and O–H groups in total.